The molecule has 17 heavy (non-hydrogen) atoms. The van der Waals surface area contributed by atoms with Crippen molar-refractivity contribution in [1.82, 2.24) is 9.21 Å². The van der Waals surface area contributed by atoms with Crippen LogP contribution >= 0.6 is 0 Å². The summed E-state index contributed by atoms with van der Waals surface area (Å²) >= 11 is 0. The molecule has 1 fully saturated rings. The van der Waals surface area contributed by atoms with Crippen molar-refractivity contribution in [3.63, 3.8) is 0 Å². The Kier molecular flexibility index (Phi) is 4.51. The number of aliphatic hydroxyl groups excluding tert-OH is 1. The van der Waals surface area contributed by atoms with E-state index in [0.29, 0.717) is 19.4 Å². The van der Waals surface area contributed by atoms with Gasteiger partial charge in [-0.05, 0) is 19.8 Å². The predicted octanol–water partition coefficient (Wildman–Crippen LogP) is -0.750. The van der Waals surface area contributed by atoms with Gasteiger partial charge in [-0.1, -0.05) is 0 Å². The Balaban J connectivity index is 2.75. The van der Waals surface area contributed by atoms with E-state index in [0.717, 1.165) is 6.26 Å². The summed E-state index contributed by atoms with van der Waals surface area (Å²) in [6, 6.07) is -0.603. The molecule has 2 atom stereocenters. The smallest absolute Gasteiger partial charge is 0.240 e. The summed E-state index contributed by atoms with van der Waals surface area (Å²) in [6.45, 7) is 2.21. The Morgan fingerprint density at radius 1 is 1.59 bits per heavy atom. The second kappa shape index (κ2) is 5.32. The van der Waals surface area contributed by atoms with Crippen molar-refractivity contribution in [2.75, 3.05) is 26.4 Å². The van der Waals surface area contributed by atoms with Crippen molar-refractivity contribution in [3.8, 4) is 0 Å². The number of nitrogens with zero attached hydrogens (tertiary/aromatic N) is 2. The van der Waals surface area contributed by atoms with Crippen LogP contribution in [0.5, 0.6) is 0 Å². The first-order valence-corrected chi connectivity index (χ1v) is 7.48. The fourth-order valence-corrected chi connectivity index (χ4v) is 3.24. The average molecular weight is 264 g/mol. The number of hydrogen-bond acceptors (Lipinski definition) is 4. The maximum atomic E-state index is 12.0. The SMILES string of the molecule is CC(O)CN(C)C(=O)C1CCCN1S(C)(=O)=O. The Labute approximate surface area is 102 Å². The number of hydrogen-bond donors (Lipinski definition) is 1. The van der Waals surface area contributed by atoms with Gasteiger partial charge < -0.3 is 10.0 Å². The highest BCUT2D eigenvalue weighted by molar-refractivity contribution is 7.88. The summed E-state index contributed by atoms with van der Waals surface area (Å²) in [7, 11) is -1.76. The number of rotatable bonds is 4. The highest BCUT2D eigenvalue weighted by Crippen LogP contribution is 2.21. The molecule has 0 aromatic heterocycles. The lowest BCUT2D eigenvalue weighted by atomic mass is 10.2. The second-order valence-electron chi connectivity index (χ2n) is 4.60. The highest BCUT2D eigenvalue weighted by atomic mass is 32.2. The lowest BCUT2D eigenvalue weighted by Crippen LogP contribution is -2.47. The lowest BCUT2D eigenvalue weighted by molar-refractivity contribution is -0.134. The first-order chi connectivity index (χ1) is 7.73. The Hall–Kier alpha value is -0.660. The molecule has 1 heterocycles. The average Bonchev–Trinajstić information content (AvgIpc) is 2.62. The molecular formula is C10H20N2O4S. The van der Waals surface area contributed by atoms with Crippen molar-refractivity contribution in [3.05, 3.63) is 0 Å². The van der Waals surface area contributed by atoms with Gasteiger partial charge in [0.15, 0.2) is 0 Å². The summed E-state index contributed by atoms with van der Waals surface area (Å²) < 4.78 is 24.2. The minimum absolute atomic E-state index is 0.215. The molecule has 0 bridgehead atoms. The van der Waals surface area contributed by atoms with Crippen molar-refractivity contribution in [2.24, 2.45) is 0 Å². The minimum Gasteiger partial charge on any atom is -0.392 e. The van der Waals surface area contributed by atoms with Crippen LogP contribution in [0, 0.1) is 0 Å². The third-order valence-electron chi connectivity index (χ3n) is 2.83. The van der Waals surface area contributed by atoms with Crippen molar-refractivity contribution in [1.29, 1.82) is 0 Å². The maximum absolute atomic E-state index is 12.0. The topological polar surface area (TPSA) is 77.9 Å². The molecule has 1 rings (SSSR count). The molecule has 6 nitrogen and oxygen atoms in total. The molecule has 0 radical (unpaired) electrons. The zero-order chi connectivity index (χ0) is 13.2. The Morgan fingerprint density at radius 3 is 2.65 bits per heavy atom. The Bertz CT molecular complexity index is 380. The first kappa shape index (κ1) is 14.4. The van der Waals surface area contributed by atoms with Gasteiger partial charge in [0.05, 0.1) is 12.4 Å². The van der Waals surface area contributed by atoms with E-state index in [1.807, 2.05) is 0 Å². The molecule has 7 heteroatoms. The van der Waals surface area contributed by atoms with E-state index >= 15 is 0 Å². The number of sulfonamides is 1. The summed E-state index contributed by atoms with van der Waals surface area (Å²) in [5, 5.41) is 9.21. The van der Waals surface area contributed by atoms with Crippen LogP contribution in [-0.4, -0.2) is 67.2 Å². The molecule has 1 aliphatic heterocycles. The van der Waals surface area contributed by atoms with Gasteiger partial charge >= 0.3 is 0 Å². The van der Waals surface area contributed by atoms with E-state index in [-0.39, 0.29) is 12.5 Å². The van der Waals surface area contributed by atoms with E-state index < -0.39 is 22.2 Å². The molecule has 0 saturated carbocycles. The van der Waals surface area contributed by atoms with Gasteiger partial charge in [0.2, 0.25) is 15.9 Å². The quantitative estimate of drug-likeness (QED) is 0.724. The highest BCUT2D eigenvalue weighted by Gasteiger charge is 2.37. The van der Waals surface area contributed by atoms with Crippen LogP contribution in [0.2, 0.25) is 0 Å². The van der Waals surface area contributed by atoms with Crippen molar-refractivity contribution in [2.45, 2.75) is 31.9 Å². The molecule has 100 valence electrons. The van der Waals surface area contributed by atoms with Crippen LogP contribution < -0.4 is 0 Å². The maximum Gasteiger partial charge on any atom is 0.240 e. The zero-order valence-corrected chi connectivity index (χ0v) is 11.3. The van der Waals surface area contributed by atoms with Crippen molar-refractivity contribution >= 4 is 15.9 Å². The minimum atomic E-state index is -3.34. The zero-order valence-electron chi connectivity index (χ0n) is 10.5. The number of aliphatic hydroxyl groups is 1. The van der Waals surface area contributed by atoms with Gasteiger partial charge in [-0.25, -0.2) is 8.42 Å². The van der Waals surface area contributed by atoms with Gasteiger partial charge in [0.1, 0.15) is 6.04 Å². The molecule has 1 N–H and O–H groups in total. The van der Waals surface area contributed by atoms with E-state index in [2.05, 4.69) is 0 Å². The van der Waals surface area contributed by atoms with Crippen LogP contribution in [0.15, 0.2) is 0 Å². The monoisotopic (exact) mass is 264 g/mol. The summed E-state index contributed by atoms with van der Waals surface area (Å²) in [6.07, 6.45) is 1.76. The third kappa shape index (κ3) is 3.65. The molecule has 1 saturated heterocycles. The number of likely N-dealkylation sites (N-methyl/N-ethyl adjacent to an activating group) is 1. The lowest BCUT2D eigenvalue weighted by Gasteiger charge is -2.27. The van der Waals surface area contributed by atoms with E-state index in [1.54, 1.807) is 14.0 Å². The molecule has 1 aliphatic rings. The first-order valence-electron chi connectivity index (χ1n) is 5.63. The van der Waals surface area contributed by atoms with Crippen LogP contribution in [0.3, 0.4) is 0 Å². The Morgan fingerprint density at radius 2 is 2.18 bits per heavy atom. The van der Waals surface area contributed by atoms with E-state index in [4.69, 9.17) is 0 Å². The standard InChI is InChI=1S/C10H20N2O4S/c1-8(13)7-11(2)10(14)9-5-4-6-12(9)17(3,15)16/h8-9,13H,4-7H2,1-3H3. The largest absolute Gasteiger partial charge is 0.392 e. The van der Waals surface area contributed by atoms with Gasteiger partial charge in [0.25, 0.3) is 0 Å². The van der Waals surface area contributed by atoms with Crippen molar-refractivity contribution < 1.29 is 18.3 Å². The molecule has 0 aliphatic carbocycles. The summed E-state index contributed by atoms with van der Waals surface area (Å²) in [4.78, 5) is 13.4. The molecule has 0 spiro atoms. The normalized spacial score (nSPS) is 23.6. The fraction of sp³-hybridized carbons (Fsp3) is 0.900. The van der Waals surface area contributed by atoms with E-state index in [1.165, 1.54) is 9.21 Å². The number of carbonyl (C=O) groups is 1. The fourth-order valence-electron chi connectivity index (χ4n) is 2.12. The van der Waals surface area contributed by atoms with E-state index in [9.17, 15) is 18.3 Å². The molecule has 1 amide bonds. The summed E-state index contributed by atoms with van der Waals surface area (Å²) in [5.74, 6) is -0.242. The van der Waals surface area contributed by atoms with Crippen LogP contribution in [0.25, 0.3) is 0 Å². The molecule has 0 aromatic rings. The molecular weight excluding hydrogens is 244 g/mol. The third-order valence-corrected chi connectivity index (χ3v) is 4.12. The van der Waals surface area contributed by atoms with Crippen LogP contribution in [0.1, 0.15) is 19.8 Å². The second-order valence-corrected chi connectivity index (χ2v) is 6.53. The van der Waals surface area contributed by atoms with Gasteiger partial charge in [-0.3, -0.25) is 4.79 Å². The molecule has 2 unspecified atom stereocenters. The van der Waals surface area contributed by atoms with Gasteiger partial charge in [-0.15, -0.1) is 0 Å². The number of carbonyl (C=O) groups excluding carboxylic acids is 1. The van der Waals surface area contributed by atoms with Crippen LogP contribution in [0.4, 0.5) is 0 Å². The van der Waals surface area contributed by atoms with Gasteiger partial charge in [0, 0.05) is 20.1 Å². The predicted molar refractivity (Wildman–Crippen MR) is 63.9 cm³/mol. The summed E-state index contributed by atoms with van der Waals surface area (Å²) in [5.41, 5.74) is 0. The molecule has 0 aromatic carbocycles. The number of amides is 1. The van der Waals surface area contributed by atoms with Gasteiger partial charge in [-0.2, -0.15) is 4.31 Å². The van der Waals surface area contributed by atoms with Crippen LogP contribution in [-0.2, 0) is 14.8 Å².